The maximum Gasteiger partial charge on any atom is 0.225 e. The summed E-state index contributed by atoms with van der Waals surface area (Å²) in [7, 11) is 0. The van der Waals surface area contributed by atoms with Crippen LogP contribution >= 0.6 is 0 Å². The van der Waals surface area contributed by atoms with Crippen LogP contribution in [0.3, 0.4) is 0 Å². The fourth-order valence-corrected chi connectivity index (χ4v) is 5.09. The highest BCUT2D eigenvalue weighted by Gasteiger charge is 2.30. The third kappa shape index (κ3) is 4.05. The van der Waals surface area contributed by atoms with Gasteiger partial charge in [-0.1, -0.05) is 12.1 Å². The van der Waals surface area contributed by atoms with Gasteiger partial charge < -0.3 is 14.8 Å². The van der Waals surface area contributed by atoms with Crippen LogP contribution in [0.4, 0.5) is 5.95 Å². The number of nitrogens with zero attached hydrogens (tertiary/aromatic N) is 5. The zero-order chi connectivity index (χ0) is 21.9. The van der Waals surface area contributed by atoms with Crippen molar-refractivity contribution < 1.29 is 4.79 Å². The summed E-state index contributed by atoms with van der Waals surface area (Å²) >= 11 is 0. The Morgan fingerprint density at radius 3 is 2.72 bits per heavy atom. The smallest absolute Gasteiger partial charge is 0.225 e. The first-order chi connectivity index (χ1) is 15.7. The average molecular weight is 429 g/mol. The van der Waals surface area contributed by atoms with Gasteiger partial charge in [-0.3, -0.25) is 4.79 Å². The van der Waals surface area contributed by atoms with Crippen LogP contribution in [0.5, 0.6) is 0 Å². The van der Waals surface area contributed by atoms with Crippen molar-refractivity contribution in [2.75, 3.05) is 18.4 Å². The molecular weight excluding hydrogens is 400 g/mol. The largest absolute Gasteiger partial charge is 0.351 e. The predicted molar refractivity (Wildman–Crippen MR) is 123 cm³/mol. The van der Waals surface area contributed by atoms with Gasteiger partial charge in [-0.15, -0.1) is 0 Å². The minimum atomic E-state index is 0.173. The number of aromatic nitrogens is 3. The van der Waals surface area contributed by atoms with Crippen molar-refractivity contribution in [1.29, 1.82) is 5.26 Å². The first-order valence-corrected chi connectivity index (χ1v) is 11.6. The molecule has 3 heterocycles. The lowest BCUT2D eigenvalue weighted by Gasteiger charge is -2.30. The zero-order valence-corrected chi connectivity index (χ0v) is 18.2. The minimum Gasteiger partial charge on any atom is -0.351 e. The number of likely N-dealkylation sites (tertiary alicyclic amines) is 1. The Hall–Kier alpha value is -3.40. The van der Waals surface area contributed by atoms with Crippen LogP contribution in [0, 0.1) is 17.2 Å². The van der Waals surface area contributed by atoms with Crippen LogP contribution in [0.2, 0.25) is 0 Å². The number of hydrogen-bond acceptors (Lipinski definition) is 5. The molecule has 3 aromatic rings. The Morgan fingerprint density at radius 2 is 1.94 bits per heavy atom. The molecule has 2 aromatic heterocycles. The molecule has 7 heteroatoms. The van der Waals surface area contributed by atoms with Gasteiger partial charge in [0.2, 0.25) is 11.9 Å². The first kappa shape index (κ1) is 20.5. The van der Waals surface area contributed by atoms with Crippen molar-refractivity contribution in [2.24, 2.45) is 5.92 Å². The van der Waals surface area contributed by atoms with Gasteiger partial charge in [0.1, 0.15) is 5.82 Å². The van der Waals surface area contributed by atoms with Crippen molar-refractivity contribution in [3.8, 4) is 11.9 Å². The Morgan fingerprint density at radius 1 is 1.12 bits per heavy atom. The molecule has 0 atom stereocenters. The molecular formula is C25H28N6O. The molecule has 32 heavy (non-hydrogen) atoms. The molecule has 1 N–H and O–H groups in total. The van der Waals surface area contributed by atoms with Crippen molar-refractivity contribution >= 4 is 22.8 Å². The van der Waals surface area contributed by atoms with Crippen LogP contribution in [-0.2, 0) is 11.2 Å². The Kier molecular flexibility index (Phi) is 5.76. The average Bonchev–Trinajstić information content (AvgIpc) is 3.51. The lowest BCUT2D eigenvalue weighted by atomic mass is 9.85. The highest BCUT2D eigenvalue weighted by molar-refractivity contribution is 5.85. The Balaban J connectivity index is 1.27. The summed E-state index contributed by atoms with van der Waals surface area (Å²) in [6.45, 7) is 1.87. The molecule has 1 saturated carbocycles. The highest BCUT2D eigenvalue weighted by Crippen LogP contribution is 2.29. The SMILES string of the molecule is N#CCc1cccc2c1ccn2-c1ccnc(N[C@H]2CC[C@H](C(=O)N3CCCC3)CC2)n1. The van der Waals surface area contributed by atoms with Crippen molar-refractivity contribution in [1.82, 2.24) is 19.4 Å². The maximum atomic E-state index is 12.7. The number of benzene rings is 1. The molecule has 1 saturated heterocycles. The van der Waals surface area contributed by atoms with Gasteiger partial charge in [-0.25, -0.2) is 4.98 Å². The lowest BCUT2D eigenvalue weighted by Crippen LogP contribution is -2.37. The topological polar surface area (TPSA) is 86.8 Å². The number of carbonyl (C=O) groups excluding carboxylic acids is 1. The monoisotopic (exact) mass is 428 g/mol. The quantitative estimate of drug-likeness (QED) is 0.662. The van der Waals surface area contributed by atoms with Gasteiger partial charge in [-0.05, 0) is 62.3 Å². The van der Waals surface area contributed by atoms with Gasteiger partial charge in [-0.2, -0.15) is 10.2 Å². The number of amides is 1. The molecule has 164 valence electrons. The van der Waals surface area contributed by atoms with Crippen LogP contribution in [0.25, 0.3) is 16.7 Å². The summed E-state index contributed by atoms with van der Waals surface area (Å²) in [5.41, 5.74) is 2.06. The van der Waals surface area contributed by atoms with Crippen LogP contribution in [-0.4, -0.2) is 44.5 Å². The molecule has 5 rings (SSSR count). The van der Waals surface area contributed by atoms with Gasteiger partial charge in [0, 0.05) is 42.8 Å². The molecule has 0 unspecified atom stereocenters. The fourth-order valence-electron chi connectivity index (χ4n) is 5.09. The summed E-state index contributed by atoms with van der Waals surface area (Å²) in [4.78, 5) is 23.9. The number of anilines is 1. The number of nitriles is 1. The Labute approximate surface area is 188 Å². The normalized spacial score (nSPS) is 20.9. The van der Waals surface area contributed by atoms with Gasteiger partial charge >= 0.3 is 0 Å². The molecule has 1 aliphatic carbocycles. The third-order valence-electron chi connectivity index (χ3n) is 6.81. The molecule has 1 aliphatic heterocycles. The third-order valence-corrected chi connectivity index (χ3v) is 6.81. The molecule has 0 radical (unpaired) electrons. The van der Waals surface area contributed by atoms with Crippen molar-refractivity contribution in [3.63, 3.8) is 0 Å². The number of hydrogen-bond donors (Lipinski definition) is 1. The molecule has 1 aromatic carbocycles. The minimum absolute atomic E-state index is 0.173. The summed E-state index contributed by atoms with van der Waals surface area (Å²) in [6, 6.07) is 12.5. The van der Waals surface area contributed by atoms with E-state index in [1.54, 1.807) is 6.20 Å². The van der Waals surface area contributed by atoms with E-state index < -0.39 is 0 Å². The second-order valence-corrected chi connectivity index (χ2v) is 8.83. The van der Waals surface area contributed by atoms with E-state index in [9.17, 15) is 4.79 Å². The Bertz CT molecular complexity index is 1150. The van der Waals surface area contributed by atoms with Gasteiger partial charge in [0.05, 0.1) is 18.0 Å². The van der Waals surface area contributed by atoms with E-state index in [0.29, 0.717) is 18.3 Å². The van der Waals surface area contributed by atoms with E-state index >= 15 is 0 Å². The van der Waals surface area contributed by atoms with E-state index in [2.05, 4.69) is 21.3 Å². The molecule has 0 bridgehead atoms. The summed E-state index contributed by atoms with van der Waals surface area (Å²) < 4.78 is 2.04. The molecule has 0 spiro atoms. The molecule has 1 amide bonds. The second-order valence-electron chi connectivity index (χ2n) is 8.83. The van der Waals surface area contributed by atoms with Crippen LogP contribution < -0.4 is 5.32 Å². The van der Waals surface area contributed by atoms with E-state index in [4.69, 9.17) is 10.2 Å². The molecule has 2 aliphatic rings. The number of nitrogens with one attached hydrogen (secondary N) is 1. The summed E-state index contributed by atoms with van der Waals surface area (Å²) in [6.07, 6.45) is 10.2. The van der Waals surface area contributed by atoms with Crippen LogP contribution in [0.1, 0.15) is 44.1 Å². The van der Waals surface area contributed by atoms with Crippen molar-refractivity contribution in [3.05, 3.63) is 48.3 Å². The van der Waals surface area contributed by atoms with Crippen molar-refractivity contribution in [2.45, 2.75) is 51.0 Å². The highest BCUT2D eigenvalue weighted by atomic mass is 16.2. The molecule has 7 nitrogen and oxygen atoms in total. The lowest BCUT2D eigenvalue weighted by molar-refractivity contribution is -0.135. The molecule has 2 fully saturated rings. The van der Waals surface area contributed by atoms with Gasteiger partial charge in [0.25, 0.3) is 0 Å². The summed E-state index contributed by atoms with van der Waals surface area (Å²) in [5, 5.41) is 13.7. The number of carbonyl (C=O) groups is 1. The predicted octanol–water partition coefficient (Wildman–Crippen LogP) is 4.08. The number of fused-ring (bicyclic) bond motifs is 1. The van der Waals surface area contributed by atoms with Crippen LogP contribution in [0.15, 0.2) is 42.7 Å². The fraction of sp³-hybridized carbons (Fsp3) is 0.440. The van der Waals surface area contributed by atoms with E-state index in [1.165, 1.54) is 0 Å². The number of rotatable bonds is 5. The first-order valence-electron chi connectivity index (χ1n) is 11.6. The van der Waals surface area contributed by atoms with E-state index in [1.807, 2.05) is 41.1 Å². The maximum absolute atomic E-state index is 12.7. The van der Waals surface area contributed by atoms with Gasteiger partial charge in [0.15, 0.2) is 0 Å². The standard InChI is InChI=1S/C25H28N6O/c26-13-10-18-4-3-5-22-21(18)12-17-31(22)23-11-14-27-25(29-23)28-20-8-6-19(7-9-20)24(32)30-15-1-2-16-30/h3-5,11-12,14,17,19-20H,1-2,6-10,15-16H2,(H,27,28,29)/t19-,20-. The summed E-state index contributed by atoms with van der Waals surface area (Å²) in [5.74, 6) is 1.94. The van der Waals surface area contributed by atoms with E-state index in [0.717, 1.165) is 73.9 Å². The van der Waals surface area contributed by atoms with E-state index in [-0.39, 0.29) is 12.0 Å². The second kappa shape index (κ2) is 8.99. The zero-order valence-electron chi connectivity index (χ0n) is 18.2.